The van der Waals surface area contributed by atoms with Gasteiger partial charge in [-0.1, -0.05) is 37.3 Å². The molecular weight excluding hydrogens is 478 g/mol. The van der Waals surface area contributed by atoms with Crippen molar-refractivity contribution < 1.29 is 4.79 Å². The van der Waals surface area contributed by atoms with Crippen molar-refractivity contribution in [1.29, 1.82) is 0 Å². The third kappa shape index (κ3) is 5.32. The third-order valence-corrected chi connectivity index (χ3v) is 9.92. The van der Waals surface area contributed by atoms with Gasteiger partial charge in [-0.25, -0.2) is 0 Å². The van der Waals surface area contributed by atoms with Crippen molar-refractivity contribution in [3.8, 4) is 0 Å². The fourth-order valence-corrected chi connectivity index (χ4v) is 7.97. The summed E-state index contributed by atoms with van der Waals surface area (Å²) in [4.78, 5) is 36.3. The first kappa shape index (κ1) is 25.9. The average Bonchev–Trinajstić information content (AvgIpc) is 3.21. The Morgan fingerprint density at radius 2 is 1.76 bits per heavy atom. The topological polar surface area (TPSA) is 56.4 Å². The van der Waals surface area contributed by atoms with Crippen molar-refractivity contribution in [3.63, 3.8) is 0 Å². The number of thiophene rings is 1. The van der Waals surface area contributed by atoms with Crippen LogP contribution >= 0.6 is 11.3 Å². The molecule has 1 amide bonds. The lowest BCUT2D eigenvalue weighted by Crippen LogP contribution is -2.38. The molecule has 1 aromatic carbocycles. The van der Waals surface area contributed by atoms with E-state index in [2.05, 4.69) is 54.1 Å². The van der Waals surface area contributed by atoms with Crippen LogP contribution in [0.25, 0.3) is 0 Å². The molecule has 5 nitrogen and oxygen atoms in total. The van der Waals surface area contributed by atoms with Gasteiger partial charge >= 0.3 is 0 Å². The van der Waals surface area contributed by atoms with E-state index < -0.39 is 0 Å². The van der Waals surface area contributed by atoms with E-state index in [0.717, 1.165) is 49.3 Å². The van der Waals surface area contributed by atoms with E-state index in [4.69, 9.17) is 0 Å². The molecule has 196 valence electrons. The second-order valence-electron chi connectivity index (χ2n) is 10.9. The summed E-state index contributed by atoms with van der Waals surface area (Å²) in [5.41, 5.74) is 5.91. The summed E-state index contributed by atoms with van der Waals surface area (Å²) in [5, 5.41) is 0. The third-order valence-electron chi connectivity index (χ3n) is 8.44. The van der Waals surface area contributed by atoms with Crippen LogP contribution in [-0.2, 0) is 19.5 Å². The molecule has 0 spiro atoms. The molecule has 0 bridgehead atoms. The lowest BCUT2D eigenvalue weighted by Gasteiger charge is -2.36. The maximum Gasteiger partial charge on any atom is 0.255 e. The summed E-state index contributed by atoms with van der Waals surface area (Å²) in [6, 6.07) is 12.8. The summed E-state index contributed by atoms with van der Waals surface area (Å²) in [6.45, 7) is 12.7. The van der Waals surface area contributed by atoms with Crippen LogP contribution in [0.3, 0.4) is 0 Å². The van der Waals surface area contributed by atoms with Gasteiger partial charge in [0.25, 0.3) is 11.5 Å². The number of pyridine rings is 1. The molecule has 1 N–H and O–H groups in total. The van der Waals surface area contributed by atoms with Crippen LogP contribution in [-0.4, -0.2) is 40.3 Å². The van der Waals surface area contributed by atoms with E-state index in [1.807, 2.05) is 36.2 Å². The highest BCUT2D eigenvalue weighted by Gasteiger charge is 2.35. The minimum absolute atomic E-state index is 0.0801. The molecule has 2 aliphatic rings. The first-order valence-corrected chi connectivity index (χ1v) is 14.5. The lowest BCUT2D eigenvalue weighted by atomic mass is 9.80. The zero-order valence-corrected chi connectivity index (χ0v) is 23.4. The van der Waals surface area contributed by atoms with Crippen molar-refractivity contribution in [1.82, 2.24) is 14.8 Å². The molecule has 0 saturated carbocycles. The fourth-order valence-electron chi connectivity index (χ4n) is 6.41. The largest absolute Gasteiger partial charge is 0.334 e. The fraction of sp³-hybridized carbons (Fsp3) is 0.484. The molecule has 6 heteroatoms. The number of fused-ring (bicyclic) bond motifs is 1. The van der Waals surface area contributed by atoms with Gasteiger partial charge in [-0.2, -0.15) is 0 Å². The van der Waals surface area contributed by atoms with Crippen LogP contribution in [0, 0.1) is 26.7 Å². The van der Waals surface area contributed by atoms with Crippen LogP contribution in [0.5, 0.6) is 0 Å². The van der Waals surface area contributed by atoms with Gasteiger partial charge < -0.3 is 9.88 Å². The molecule has 5 rings (SSSR count). The van der Waals surface area contributed by atoms with Crippen LogP contribution in [0.1, 0.15) is 80.2 Å². The zero-order valence-electron chi connectivity index (χ0n) is 22.6. The number of aromatic nitrogens is 1. The molecule has 0 aliphatic carbocycles. The number of likely N-dealkylation sites (tertiary alicyclic amines) is 1. The van der Waals surface area contributed by atoms with Gasteiger partial charge in [0.15, 0.2) is 0 Å². The molecule has 0 radical (unpaired) electrons. The molecule has 3 aromatic rings. The van der Waals surface area contributed by atoms with E-state index in [9.17, 15) is 9.59 Å². The van der Waals surface area contributed by atoms with Crippen molar-refractivity contribution >= 4 is 17.2 Å². The van der Waals surface area contributed by atoms with E-state index in [-0.39, 0.29) is 11.5 Å². The first-order chi connectivity index (χ1) is 17.9. The molecule has 1 fully saturated rings. The highest BCUT2D eigenvalue weighted by molar-refractivity contribution is 7.12. The van der Waals surface area contributed by atoms with E-state index in [0.29, 0.717) is 30.5 Å². The number of aromatic amines is 1. The lowest BCUT2D eigenvalue weighted by molar-refractivity contribution is 0.0727. The Morgan fingerprint density at radius 3 is 2.43 bits per heavy atom. The van der Waals surface area contributed by atoms with Crippen molar-refractivity contribution in [3.05, 3.63) is 90.0 Å². The number of carbonyl (C=O) groups is 1. The van der Waals surface area contributed by atoms with Crippen LogP contribution in [0.15, 0.2) is 41.2 Å². The van der Waals surface area contributed by atoms with E-state index >= 15 is 0 Å². The van der Waals surface area contributed by atoms with Gasteiger partial charge in [-0.15, -0.1) is 11.3 Å². The minimum Gasteiger partial charge on any atom is -0.334 e. The SMILES string of the molecule is CC[C@@H](c1sc2c(c1C)C(=O)N(Cc1c(C)cc(C)[nH]c1=O)CC2)C1CCN(Cc2ccccc2)CC1. The number of hydrogen-bond acceptors (Lipinski definition) is 4. The summed E-state index contributed by atoms with van der Waals surface area (Å²) in [7, 11) is 0. The number of amides is 1. The summed E-state index contributed by atoms with van der Waals surface area (Å²) in [6.07, 6.45) is 4.41. The number of aryl methyl sites for hydroxylation is 2. The second kappa shape index (κ2) is 11.0. The molecule has 1 atom stereocenters. The number of rotatable bonds is 7. The number of piperidine rings is 1. The number of benzene rings is 1. The number of carbonyl (C=O) groups excluding carboxylic acids is 1. The van der Waals surface area contributed by atoms with Gasteiger partial charge in [-0.3, -0.25) is 14.5 Å². The number of nitrogens with one attached hydrogen (secondary N) is 1. The monoisotopic (exact) mass is 517 g/mol. The van der Waals surface area contributed by atoms with Gasteiger partial charge in [0.1, 0.15) is 0 Å². The van der Waals surface area contributed by atoms with Gasteiger partial charge in [0.2, 0.25) is 0 Å². The second-order valence-corrected chi connectivity index (χ2v) is 12.1. The molecule has 0 unspecified atom stereocenters. The summed E-state index contributed by atoms with van der Waals surface area (Å²) < 4.78 is 0. The summed E-state index contributed by atoms with van der Waals surface area (Å²) >= 11 is 1.88. The van der Waals surface area contributed by atoms with E-state index in [1.54, 1.807) is 0 Å². The Hall–Kier alpha value is -2.70. The van der Waals surface area contributed by atoms with E-state index in [1.165, 1.54) is 33.7 Å². The molecule has 1 saturated heterocycles. The van der Waals surface area contributed by atoms with Crippen molar-refractivity contribution in [2.24, 2.45) is 5.92 Å². The number of hydrogen-bond donors (Lipinski definition) is 1. The molecule has 4 heterocycles. The number of nitrogens with zero attached hydrogens (tertiary/aromatic N) is 2. The van der Waals surface area contributed by atoms with Crippen LogP contribution in [0.2, 0.25) is 0 Å². The molecule has 2 aliphatic heterocycles. The maximum atomic E-state index is 13.7. The standard InChI is InChI=1S/C31H39N3O2S/c1-5-25(24-11-14-33(15-12-24)18-23-9-7-6-8-10-23)29-22(4)28-27(37-29)13-16-34(31(28)36)19-26-20(2)17-21(3)32-30(26)35/h6-10,17,24-25H,5,11-16,18-19H2,1-4H3,(H,32,35)/t25-/m1/s1. The van der Waals surface area contributed by atoms with Crippen molar-refractivity contribution in [2.45, 2.75) is 72.4 Å². The molecular formula is C31H39N3O2S. The van der Waals surface area contributed by atoms with Gasteiger partial charge in [0.05, 0.1) is 12.1 Å². The Kier molecular flexibility index (Phi) is 7.68. The van der Waals surface area contributed by atoms with Gasteiger partial charge in [0, 0.05) is 40.5 Å². The van der Waals surface area contributed by atoms with Crippen molar-refractivity contribution in [2.75, 3.05) is 19.6 Å². The minimum atomic E-state index is -0.0801. The Morgan fingerprint density at radius 1 is 1.03 bits per heavy atom. The number of H-pyrrole nitrogens is 1. The Labute approximate surface area is 224 Å². The maximum absolute atomic E-state index is 13.7. The highest BCUT2D eigenvalue weighted by Crippen LogP contribution is 2.44. The van der Waals surface area contributed by atoms with Gasteiger partial charge in [-0.05, 0) is 87.7 Å². The molecule has 37 heavy (non-hydrogen) atoms. The quantitative estimate of drug-likeness (QED) is 0.420. The zero-order chi connectivity index (χ0) is 26.1. The normalized spacial score (nSPS) is 17.7. The average molecular weight is 518 g/mol. The summed E-state index contributed by atoms with van der Waals surface area (Å²) in [5.74, 6) is 1.27. The Bertz CT molecular complexity index is 1320. The van der Waals surface area contributed by atoms with Crippen LogP contribution in [0.4, 0.5) is 0 Å². The molecule has 2 aromatic heterocycles. The smallest absolute Gasteiger partial charge is 0.255 e. The predicted molar refractivity (Wildman–Crippen MR) is 152 cm³/mol. The first-order valence-electron chi connectivity index (χ1n) is 13.7. The Balaban J connectivity index is 1.30. The highest BCUT2D eigenvalue weighted by atomic mass is 32.1. The predicted octanol–water partition coefficient (Wildman–Crippen LogP) is 5.97. The van der Waals surface area contributed by atoms with Crippen LogP contribution < -0.4 is 5.56 Å².